The summed E-state index contributed by atoms with van der Waals surface area (Å²) in [6, 6.07) is 5.47. The zero-order valence-corrected chi connectivity index (χ0v) is 17.1. The lowest BCUT2D eigenvalue weighted by atomic mass is 10.2. The number of aryl methyl sites for hydroxylation is 1. The van der Waals surface area contributed by atoms with Gasteiger partial charge in [-0.05, 0) is 62.6 Å². The lowest BCUT2D eigenvalue weighted by Gasteiger charge is -2.07. The summed E-state index contributed by atoms with van der Waals surface area (Å²) >= 11 is 5.58. The maximum atomic E-state index is 8.21. The molecule has 122 valence electrons. The number of halogens is 2. The van der Waals surface area contributed by atoms with E-state index >= 15 is 0 Å². The monoisotopic (exact) mass is 516 g/mol. The number of rotatable bonds is 3. The number of fused-ring (bicyclic) bond motifs is 1. The Balaban J connectivity index is 1.96. The zero-order chi connectivity index (χ0) is 17.3. The molecule has 0 saturated carbocycles. The normalized spacial score (nSPS) is 11.3. The largest absolute Gasteiger partial charge is 0.417 e. The molecule has 0 aliphatic rings. The van der Waals surface area contributed by atoms with Gasteiger partial charge in [0.15, 0.2) is 11.3 Å². The maximum Gasteiger partial charge on any atom is 0.242 e. The molecule has 3 aromatic heterocycles. The standard InChI is InChI=1S/C14H11BrIN6OP/c1-7-3-2-4-19-10(7)12(17)23-13(18)11-9-5-8(15)6-20-14(9)22(21-11)24-16/h2-6,17-18,24H,1H3. The van der Waals surface area contributed by atoms with Crippen LogP contribution in [0.4, 0.5) is 0 Å². The van der Waals surface area contributed by atoms with E-state index in [2.05, 4.69) is 53.0 Å². The summed E-state index contributed by atoms with van der Waals surface area (Å²) in [5.41, 5.74) is 2.24. The van der Waals surface area contributed by atoms with E-state index in [1.165, 1.54) is 0 Å². The number of aromatic nitrogens is 4. The van der Waals surface area contributed by atoms with E-state index in [-0.39, 0.29) is 11.8 Å². The van der Waals surface area contributed by atoms with Gasteiger partial charge in [-0.2, -0.15) is 5.10 Å². The molecule has 7 nitrogen and oxygen atoms in total. The van der Waals surface area contributed by atoms with Crippen LogP contribution < -0.4 is 0 Å². The summed E-state index contributed by atoms with van der Waals surface area (Å²) in [6.45, 7) is 1.84. The lowest BCUT2D eigenvalue weighted by molar-refractivity contribution is 0.533. The van der Waals surface area contributed by atoms with Crippen molar-refractivity contribution in [3.63, 3.8) is 0 Å². The molecule has 0 aromatic carbocycles. The number of nitrogens with zero attached hydrogens (tertiary/aromatic N) is 4. The second kappa shape index (κ2) is 7.20. The number of nitrogens with one attached hydrogen (secondary N) is 2. The van der Waals surface area contributed by atoms with Crippen molar-refractivity contribution in [1.29, 1.82) is 10.8 Å². The van der Waals surface area contributed by atoms with Gasteiger partial charge in [0.1, 0.15) is 5.69 Å². The van der Waals surface area contributed by atoms with Crippen molar-refractivity contribution < 1.29 is 4.74 Å². The van der Waals surface area contributed by atoms with E-state index < -0.39 is 0 Å². The summed E-state index contributed by atoms with van der Waals surface area (Å²) in [5.74, 6) is -0.385. The Bertz CT molecular complexity index is 960. The zero-order valence-electron chi connectivity index (χ0n) is 12.3. The SMILES string of the molecule is Cc1cccnc1C(=N)OC(=N)c1nn(PI)c2ncc(Br)cc12. The molecule has 3 rings (SSSR count). The first-order valence-electron chi connectivity index (χ1n) is 6.69. The van der Waals surface area contributed by atoms with Crippen LogP contribution >= 0.6 is 44.3 Å². The smallest absolute Gasteiger partial charge is 0.242 e. The van der Waals surface area contributed by atoms with E-state index in [1.807, 2.05) is 19.1 Å². The minimum Gasteiger partial charge on any atom is -0.417 e. The highest BCUT2D eigenvalue weighted by Crippen LogP contribution is 2.30. The van der Waals surface area contributed by atoms with Crippen LogP contribution in [0.3, 0.4) is 0 Å². The molecule has 0 aliphatic heterocycles. The summed E-state index contributed by atoms with van der Waals surface area (Å²) in [4.78, 5) is 8.47. The Hall–Kier alpha value is -1.45. The van der Waals surface area contributed by atoms with Crippen molar-refractivity contribution in [2.24, 2.45) is 0 Å². The third-order valence-corrected chi connectivity index (χ3v) is 5.49. The fraction of sp³-hybridized carbons (Fsp3) is 0.0714. The molecule has 1 unspecified atom stereocenters. The predicted molar refractivity (Wildman–Crippen MR) is 107 cm³/mol. The maximum absolute atomic E-state index is 8.21. The third-order valence-electron chi connectivity index (χ3n) is 3.21. The quantitative estimate of drug-likeness (QED) is 0.237. The van der Waals surface area contributed by atoms with E-state index in [0.717, 1.165) is 10.0 Å². The van der Waals surface area contributed by atoms with Gasteiger partial charge < -0.3 is 4.74 Å². The van der Waals surface area contributed by atoms with Gasteiger partial charge in [0.2, 0.25) is 11.8 Å². The number of pyridine rings is 2. The van der Waals surface area contributed by atoms with E-state index in [9.17, 15) is 0 Å². The molecular weight excluding hydrogens is 506 g/mol. The number of ether oxygens (including phenoxy) is 1. The highest BCUT2D eigenvalue weighted by molar-refractivity contribution is 14.2. The van der Waals surface area contributed by atoms with Crippen molar-refractivity contribution in [2.45, 2.75) is 6.92 Å². The van der Waals surface area contributed by atoms with Gasteiger partial charge in [-0.1, -0.05) is 6.07 Å². The van der Waals surface area contributed by atoms with Crippen LogP contribution in [0.15, 0.2) is 35.1 Å². The molecule has 3 aromatic rings. The van der Waals surface area contributed by atoms with Crippen molar-refractivity contribution in [3.05, 3.63) is 52.0 Å². The van der Waals surface area contributed by atoms with Crippen LogP contribution in [-0.4, -0.2) is 31.3 Å². The Kier molecular flexibility index (Phi) is 5.21. The van der Waals surface area contributed by atoms with Gasteiger partial charge in [0, 0.05) is 16.9 Å². The van der Waals surface area contributed by atoms with Crippen molar-refractivity contribution in [1.82, 2.24) is 19.5 Å². The second-order valence-electron chi connectivity index (χ2n) is 4.80. The minimum atomic E-state index is -0.205. The Morgan fingerprint density at radius 3 is 2.75 bits per heavy atom. The molecule has 1 atom stereocenters. The average Bonchev–Trinajstić information content (AvgIpc) is 2.93. The van der Waals surface area contributed by atoms with Crippen molar-refractivity contribution >= 4 is 67.2 Å². The highest BCUT2D eigenvalue weighted by Gasteiger charge is 2.19. The summed E-state index contributed by atoms with van der Waals surface area (Å²) < 4.78 is 7.90. The second-order valence-corrected chi connectivity index (χ2v) is 7.75. The Morgan fingerprint density at radius 1 is 1.29 bits per heavy atom. The first-order chi connectivity index (χ1) is 11.5. The van der Waals surface area contributed by atoms with Crippen molar-refractivity contribution in [3.8, 4) is 0 Å². The van der Waals surface area contributed by atoms with Gasteiger partial charge in [-0.25, -0.2) is 9.44 Å². The predicted octanol–water partition coefficient (Wildman–Crippen LogP) is 4.06. The first-order valence-corrected chi connectivity index (χ1v) is 11.5. The molecule has 0 saturated heterocycles. The molecule has 0 spiro atoms. The van der Waals surface area contributed by atoms with Gasteiger partial charge >= 0.3 is 0 Å². The summed E-state index contributed by atoms with van der Waals surface area (Å²) in [7, 11) is 0. The highest BCUT2D eigenvalue weighted by atomic mass is 127. The van der Waals surface area contributed by atoms with Gasteiger partial charge in [-0.3, -0.25) is 15.8 Å². The molecule has 0 fully saturated rings. The molecule has 0 radical (unpaired) electrons. The van der Waals surface area contributed by atoms with Gasteiger partial charge in [-0.15, -0.1) is 0 Å². The van der Waals surface area contributed by atoms with Crippen LogP contribution in [0.5, 0.6) is 0 Å². The fourth-order valence-electron chi connectivity index (χ4n) is 2.13. The van der Waals surface area contributed by atoms with Crippen LogP contribution in [0.25, 0.3) is 11.0 Å². The van der Waals surface area contributed by atoms with Gasteiger partial charge in [0.25, 0.3) is 0 Å². The minimum absolute atomic E-state index is 0.180. The fourth-order valence-corrected chi connectivity index (χ4v) is 3.86. The Morgan fingerprint density at radius 2 is 2.04 bits per heavy atom. The van der Waals surface area contributed by atoms with E-state index in [0.29, 0.717) is 28.8 Å². The topological polar surface area (TPSA) is 101 Å². The first kappa shape index (κ1) is 17.4. The van der Waals surface area contributed by atoms with Crippen LogP contribution in [-0.2, 0) is 4.74 Å². The number of hydrogen-bond donors (Lipinski definition) is 2. The van der Waals surface area contributed by atoms with Crippen LogP contribution in [0.2, 0.25) is 0 Å². The molecule has 10 heteroatoms. The summed E-state index contributed by atoms with van der Waals surface area (Å²) in [6.07, 6.45) is 3.62. The van der Waals surface area contributed by atoms with Crippen molar-refractivity contribution in [2.75, 3.05) is 0 Å². The van der Waals surface area contributed by atoms with E-state index in [1.54, 1.807) is 22.9 Å². The lowest BCUT2D eigenvalue weighted by Crippen LogP contribution is -2.16. The van der Waals surface area contributed by atoms with Crippen LogP contribution in [0, 0.1) is 17.7 Å². The molecule has 24 heavy (non-hydrogen) atoms. The molecule has 0 amide bonds. The average molecular weight is 517 g/mol. The molecule has 3 heterocycles. The summed E-state index contributed by atoms with van der Waals surface area (Å²) in [5, 5.41) is 21.4. The molecule has 2 N–H and O–H groups in total. The van der Waals surface area contributed by atoms with E-state index in [4.69, 9.17) is 15.6 Å². The Labute approximate surface area is 160 Å². The van der Waals surface area contributed by atoms with Crippen LogP contribution in [0.1, 0.15) is 17.0 Å². The molecule has 0 bridgehead atoms. The third kappa shape index (κ3) is 3.33. The molecule has 0 aliphatic carbocycles. The van der Waals surface area contributed by atoms with Gasteiger partial charge in [0.05, 0.1) is 11.8 Å². The molecular formula is C14H11BrIN6OP. The number of hydrogen-bond acceptors (Lipinski definition) is 6.